The molecule has 2 heterocycles. The van der Waals surface area contributed by atoms with Crippen molar-refractivity contribution in [3.05, 3.63) is 40.3 Å². The fraction of sp³-hybridized carbons (Fsp3) is 0.375. The van der Waals surface area contributed by atoms with Gasteiger partial charge in [-0.25, -0.2) is 9.67 Å². The molecular weight excluding hydrogens is 312 g/mol. The van der Waals surface area contributed by atoms with E-state index in [9.17, 15) is 5.26 Å². The lowest BCUT2D eigenvalue weighted by atomic mass is 10.1. The van der Waals surface area contributed by atoms with E-state index in [0.717, 1.165) is 18.5 Å². The standard InChI is InChI=1S/C16H17ClN6/c1-22(2)10-20-16-14(9-18)15(21-23(16)13-3-4-13)8-12-7-11(17)5-6-19-12/h5-7,10,13H,3-4,8H2,1-2H3. The first-order chi connectivity index (χ1) is 11.1. The van der Waals surface area contributed by atoms with Crippen LogP contribution in [0, 0.1) is 11.3 Å². The van der Waals surface area contributed by atoms with Crippen LogP contribution in [0.3, 0.4) is 0 Å². The van der Waals surface area contributed by atoms with Gasteiger partial charge in [0.05, 0.1) is 18.1 Å². The van der Waals surface area contributed by atoms with Gasteiger partial charge in [-0.05, 0) is 25.0 Å². The summed E-state index contributed by atoms with van der Waals surface area (Å²) < 4.78 is 1.87. The Morgan fingerprint density at radius 3 is 2.91 bits per heavy atom. The van der Waals surface area contributed by atoms with Crippen molar-refractivity contribution in [2.45, 2.75) is 25.3 Å². The molecule has 0 saturated heterocycles. The van der Waals surface area contributed by atoms with E-state index in [1.165, 1.54) is 0 Å². The van der Waals surface area contributed by atoms with Crippen LogP contribution in [0.25, 0.3) is 0 Å². The third-order valence-electron chi connectivity index (χ3n) is 3.50. The van der Waals surface area contributed by atoms with Crippen LogP contribution in [0.4, 0.5) is 5.82 Å². The molecule has 6 nitrogen and oxygen atoms in total. The molecular formula is C16H17ClN6. The van der Waals surface area contributed by atoms with Gasteiger partial charge in [0.1, 0.15) is 11.6 Å². The summed E-state index contributed by atoms with van der Waals surface area (Å²) in [6, 6.07) is 6.12. The van der Waals surface area contributed by atoms with Gasteiger partial charge in [0.2, 0.25) is 0 Å². The quantitative estimate of drug-likeness (QED) is 0.625. The number of hydrogen-bond acceptors (Lipinski definition) is 4. The van der Waals surface area contributed by atoms with Crippen LogP contribution in [0.2, 0.25) is 5.02 Å². The summed E-state index contributed by atoms with van der Waals surface area (Å²) in [6.07, 6.45) is 5.97. The molecule has 0 bridgehead atoms. The number of nitriles is 1. The van der Waals surface area contributed by atoms with Gasteiger partial charge in [-0.2, -0.15) is 10.4 Å². The first-order valence-electron chi connectivity index (χ1n) is 7.41. The first-order valence-corrected chi connectivity index (χ1v) is 7.79. The molecule has 7 heteroatoms. The maximum absolute atomic E-state index is 9.58. The topological polar surface area (TPSA) is 70.1 Å². The highest BCUT2D eigenvalue weighted by atomic mass is 35.5. The van der Waals surface area contributed by atoms with Crippen LogP contribution in [0.1, 0.15) is 35.8 Å². The van der Waals surface area contributed by atoms with Crippen molar-refractivity contribution in [3.63, 3.8) is 0 Å². The summed E-state index contributed by atoms with van der Waals surface area (Å²) in [5, 5.41) is 14.8. The first kappa shape index (κ1) is 15.5. The maximum Gasteiger partial charge on any atom is 0.170 e. The lowest BCUT2D eigenvalue weighted by molar-refractivity contribution is 0.625. The highest BCUT2D eigenvalue weighted by Crippen LogP contribution is 2.39. The monoisotopic (exact) mass is 328 g/mol. The van der Waals surface area contributed by atoms with Crippen molar-refractivity contribution in [1.29, 1.82) is 5.26 Å². The third kappa shape index (κ3) is 3.51. The van der Waals surface area contributed by atoms with Gasteiger partial charge in [0, 0.05) is 37.4 Å². The lowest BCUT2D eigenvalue weighted by Gasteiger charge is -2.04. The number of aromatic nitrogens is 3. The molecule has 1 aliphatic rings. The maximum atomic E-state index is 9.58. The lowest BCUT2D eigenvalue weighted by Crippen LogP contribution is -2.07. The molecule has 2 aromatic heterocycles. The van der Waals surface area contributed by atoms with Crippen LogP contribution >= 0.6 is 11.6 Å². The smallest absolute Gasteiger partial charge is 0.170 e. The minimum atomic E-state index is 0.345. The second kappa shape index (κ2) is 6.39. The van der Waals surface area contributed by atoms with Gasteiger partial charge in [0.25, 0.3) is 0 Å². The highest BCUT2D eigenvalue weighted by molar-refractivity contribution is 6.30. The molecule has 0 aliphatic heterocycles. The molecule has 3 rings (SSSR count). The molecule has 2 aromatic rings. The van der Waals surface area contributed by atoms with E-state index < -0.39 is 0 Å². The number of rotatable bonds is 5. The Kier molecular flexibility index (Phi) is 4.30. The van der Waals surface area contributed by atoms with Gasteiger partial charge in [-0.15, -0.1) is 0 Å². The number of hydrogen-bond donors (Lipinski definition) is 0. The van der Waals surface area contributed by atoms with Crippen LogP contribution in [-0.4, -0.2) is 40.1 Å². The molecule has 0 unspecified atom stereocenters. The van der Waals surface area contributed by atoms with E-state index in [4.69, 9.17) is 11.6 Å². The zero-order valence-electron chi connectivity index (χ0n) is 13.1. The average Bonchev–Trinajstić information content (AvgIpc) is 3.28. The molecule has 0 atom stereocenters. The van der Waals surface area contributed by atoms with Gasteiger partial charge >= 0.3 is 0 Å². The van der Waals surface area contributed by atoms with E-state index in [2.05, 4.69) is 21.1 Å². The normalized spacial score (nSPS) is 14.2. The van der Waals surface area contributed by atoms with Crippen molar-refractivity contribution < 1.29 is 0 Å². The van der Waals surface area contributed by atoms with E-state index in [1.807, 2.05) is 23.7 Å². The summed E-state index contributed by atoms with van der Waals surface area (Å²) in [7, 11) is 3.79. The van der Waals surface area contributed by atoms with Crippen molar-refractivity contribution in [1.82, 2.24) is 19.7 Å². The second-order valence-electron chi connectivity index (χ2n) is 5.78. The molecule has 1 saturated carbocycles. The van der Waals surface area contributed by atoms with Crippen molar-refractivity contribution >= 4 is 23.8 Å². The van der Waals surface area contributed by atoms with E-state index in [1.54, 1.807) is 24.7 Å². The second-order valence-corrected chi connectivity index (χ2v) is 6.22. The Balaban J connectivity index is 2.00. The summed E-state index contributed by atoms with van der Waals surface area (Å²) in [6.45, 7) is 0. The third-order valence-corrected chi connectivity index (χ3v) is 3.74. The molecule has 0 N–H and O–H groups in total. The number of nitrogens with zero attached hydrogens (tertiary/aromatic N) is 6. The largest absolute Gasteiger partial charge is 0.369 e. The SMILES string of the molecule is CN(C)C=Nc1c(C#N)c(Cc2cc(Cl)ccn2)nn1C1CC1. The Morgan fingerprint density at radius 1 is 1.52 bits per heavy atom. The van der Waals surface area contributed by atoms with Crippen LogP contribution < -0.4 is 0 Å². The predicted octanol–water partition coefficient (Wildman–Crippen LogP) is 2.95. The van der Waals surface area contributed by atoms with Crippen LogP contribution in [-0.2, 0) is 6.42 Å². The van der Waals surface area contributed by atoms with Crippen molar-refractivity contribution in [2.75, 3.05) is 14.1 Å². The van der Waals surface area contributed by atoms with Gasteiger partial charge in [-0.1, -0.05) is 11.6 Å². The number of pyridine rings is 1. The molecule has 1 aliphatic carbocycles. The Bertz CT molecular complexity index is 782. The fourth-order valence-corrected chi connectivity index (χ4v) is 2.48. The van der Waals surface area contributed by atoms with Crippen LogP contribution in [0.15, 0.2) is 23.3 Å². The molecule has 118 valence electrons. The van der Waals surface area contributed by atoms with Gasteiger partial charge < -0.3 is 4.90 Å². The average molecular weight is 329 g/mol. The fourth-order valence-electron chi connectivity index (χ4n) is 2.29. The van der Waals surface area contributed by atoms with Crippen molar-refractivity contribution in [3.8, 4) is 6.07 Å². The Labute approximate surface area is 140 Å². The molecule has 0 aromatic carbocycles. The Morgan fingerprint density at radius 2 is 2.30 bits per heavy atom. The molecule has 0 radical (unpaired) electrons. The highest BCUT2D eigenvalue weighted by Gasteiger charge is 2.30. The van der Waals surface area contributed by atoms with Gasteiger partial charge in [-0.3, -0.25) is 4.98 Å². The van der Waals surface area contributed by atoms with E-state index in [0.29, 0.717) is 34.6 Å². The van der Waals surface area contributed by atoms with Crippen LogP contribution in [0.5, 0.6) is 0 Å². The minimum absolute atomic E-state index is 0.345. The number of halogens is 1. The molecule has 23 heavy (non-hydrogen) atoms. The van der Waals surface area contributed by atoms with Crippen molar-refractivity contribution in [2.24, 2.45) is 4.99 Å². The zero-order chi connectivity index (χ0) is 16.4. The molecule has 0 amide bonds. The summed E-state index contributed by atoms with van der Waals surface area (Å²) in [5.41, 5.74) is 1.99. The number of aliphatic imine (C=N–C) groups is 1. The molecule has 1 fully saturated rings. The van der Waals surface area contributed by atoms with E-state index >= 15 is 0 Å². The van der Waals surface area contributed by atoms with Gasteiger partial charge in [0.15, 0.2) is 5.82 Å². The summed E-state index contributed by atoms with van der Waals surface area (Å²) in [4.78, 5) is 10.6. The zero-order valence-corrected chi connectivity index (χ0v) is 13.8. The molecule has 0 spiro atoms. The predicted molar refractivity (Wildman–Crippen MR) is 89.1 cm³/mol. The summed E-state index contributed by atoms with van der Waals surface area (Å²) >= 11 is 6.01. The minimum Gasteiger partial charge on any atom is -0.369 e. The summed E-state index contributed by atoms with van der Waals surface area (Å²) in [5.74, 6) is 0.626. The Hall–Kier alpha value is -2.39. The van der Waals surface area contributed by atoms with E-state index in [-0.39, 0.29) is 0 Å².